The molecule has 6 heteroatoms. The molecule has 2 fully saturated rings. The first-order valence-corrected chi connectivity index (χ1v) is 9.98. The molecule has 1 unspecified atom stereocenters. The molecule has 0 aliphatic heterocycles. The Balaban J connectivity index is 1.47. The van der Waals surface area contributed by atoms with Gasteiger partial charge in [0.05, 0.1) is 12.6 Å². The number of nitrogens with zero attached hydrogens (tertiary/aromatic N) is 2. The summed E-state index contributed by atoms with van der Waals surface area (Å²) in [6.45, 7) is 2.74. The largest absolute Gasteiger partial charge is 0.328 e. The lowest BCUT2D eigenvalue weighted by Crippen LogP contribution is -2.43. The van der Waals surface area contributed by atoms with Gasteiger partial charge in [-0.3, -0.25) is 0 Å². The molecule has 2 heterocycles. The summed E-state index contributed by atoms with van der Waals surface area (Å²) in [6.07, 6.45) is 4.64. The van der Waals surface area contributed by atoms with Crippen LogP contribution < -0.4 is 5.32 Å². The second-order valence-electron chi connectivity index (χ2n) is 6.53. The molecule has 1 N–H and O–H groups in total. The summed E-state index contributed by atoms with van der Waals surface area (Å²) in [5, 5.41) is 8.49. The van der Waals surface area contributed by atoms with Gasteiger partial charge in [-0.2, -0.15) is 0 Å². The molecule has 4 nitrogen and oxygen atoms in total. The van der Waals surface area contributed by atoms with Gasteiger partial charge in [-0.05, 0) is 50.0 Å². The van der Waals surface area contributed by atoms with Gasteiger partial charge in [-0.15, -0.1) is 22.7 Å². The third-order valence-corrected chi connectivity index (χ3v) is 6.34. The molecule has 2 amide bonds. The van der Waals surface area contributed by atoms with Gasteiger partial charge in [0, 0.05) is 22.0 Å². The molecule has 0 aromatic carbocycles. The van der Waals surface area contributed by atoms with Crippen molar-refractivity contribution in [2.24, 2.45) is 5.92 Å². The second-order valence-corrected chi connectivity index (χ2v) is 8.45. The van der Waals surface area contributed by atoms with E-state index in [4.69, 9.17) is 0 Å². The fourth-order valence-corrected chi connectivity index (χ4v) is 4.51. The Morgan fingerprint density at radius 1 is 1.39 bits per heavy atom. The number of thiophene rings is 1. The lowest BCUT2D eigenvalue weighted by molar-refractivity contribution is 0.187. The Morgan fingerprint density at radius 3 is 2.78 bits per heavy atom. The summed E-state index contributed by atoms with van der Waals surface area (Å²) in [6, 6.07) is 4.73. The first-order valence-electron chi connectivity index (χ1n) is 8.22. The van der Waals surface area contributed by atoms with Gasteiger partial charge in [-0.1, -0.05) is 6.07 Å². The average Bonchev–Trinajstić information content (AvgIpc) is 3.46. The predicted molar refractivity (Wildman–Crippen MR) is 93.7 cm³/mol. The fourth-order valence-electron chi connectivity index (χ4n) is 2.87. The minimum Gasteiger partial charge on any atom is -0.328 e. The van der Waals surface area contributed by atoms with E-state index in [1.54, 1.807) is 22.7 Å². The Hall–Kier alpha value is -1.40. The molecule has 0 saturated heterocycles. The number of carbonyl (C=O) groups excluding carboxylic acids is 1. The number of hydrogen-bond acceptors (Lipinski definition) is 4. The Bertz CT molecular complexity index is 674. The van der Waals surface area contributed by atoms with E-state index < -0.39 is 0 Å². The molecule has 2 aliphatic carbocycles. The highest BCUT2D eigenvalue weighted by Gasteiger charge is 2.38. The number of hydrogen-bond donors (Lipinski definition) is 1. The van der Waals surface area contributed by atoms with Crippen LogP contribution in [0.25, 0.3) is 0 Å². The number of nitrogens with one attached hydrogen (secondary N) is 1. The highest BCUT2D eigenvalue weighted by Crippen LogP contribution is 2.42. The van der Waals surface area contributed by atoms with Crippen LogP contribution >= 0.6 is 22.7 Å². The van der Waals surface area contributed by atoms with Crippen LogP contribution in [0.2, 0.25) is 0 Å². The van der Waals surface area contributed by atoms with Crippen LogP contribution in [0.5, 0.6) is 0 Å². The first-order chi connectivity index (χ1) is 11.2. The lowest BCUT2D eigenvalue weighted by Gasteiger charge is -2.25. The van der Waals surface area contributed by atoms with E-state index in [1.807, 2.05) is 17.9 Å². The average molecular weight is 348 g/mol. The van der Waals surface area contributed by atoms with E-state index in [1.165, 1.54) is 17.7 Å². The van der Waals surface area contributed by atoms with Crippen LogP contribution in [0.15, 0.2) is 22.9 Å². The van der Waals surface area contributed by atoms with Crippen LogP contribution in [0.1, 0.15) is 47.3 Å². The zero-order valence-corrected chi connectivity index (χ0v) is 14.8. The van der Waals surface area contributed by atoms with E-state index in [9.17, 15) is 4.79 Å². The molecule has 0 radical (unpaired) electrons. The highest BCUT2D eigenvalue weighted by molar-refractivity contribution is 7.10. The standard InChI is InChI=1S/C17H21N3OS2/c1-11-10-23-16(18-11)15(12-4-5-12)19-17(21)20(13-6-7-13)9-14-3-2-8-22-14/h2-3,8,10,12-13,15H,4-7,9H2,1H3,(H,19,21). The van der Waals surface area contributed by atoms with E-state index in [0.717, 1.165) is 30.1 Å². The number of rotatable bonds is 6. The maximum Gasteiger partial charge on any atom is 0.318 e. The second kappa shape index (κ2) is 6.24. The number of thiazole rings is 1. The molecule has 2 saturated carbocycles. The van der Waals surface area contributed by atoms with E-state index in [-0.39, 0.29) is 12.1 Å². The number of urea groups is 1. The molecule has 2 aromatic heterocycles. The van der Waals surface area contributed by atoms with Gasteiger partial charge in [0.1, 0.15) is 5.01 Å². The maximum atomic E-state index is 12.9. The van der Waals surface area contributed by atoms with E-state index in [2.05, 4.69) is 27.1 Å². The van der Waals surface area contributed by atoms with Crippen molar-refractivity contribution in [3.8, 4) is 0 Å². The molecule has 0 bridgehead atoms. The lowest BCUT2D eigenvalue weighted by atomic mass is 10.2. The van der Waals surface area contributed by atoms with Crippen LogP contribution in [-0.4, -0.2) is 22.0 Å². The van der Waals surface area contributed by atoms with Crippen molar-refractivity contribution < 1.29 is 4.79 Å². The smallest absolute Gasteiger partial charge is 0.318 e. The SMILES string of the molecule is Cc1csc(C(NC(=O)N(Cc2cccs2)C2CC2)C2CC2)n1. The Labute approximate surface area is 144 Å². The zero-order chi connectivity index (χ0) is 15.8. The highest BCUT2D eigenvalue weighted by atomic mass is 32.1. The van der Waals surface area contributed by atoms with E-state index in [0.29, 0.717) is 12.0 Å². The van der Waals surface area contributed by atoms with Gasteiger partial charge in [0.25, 0.3) is 0 Å². The number of aromatic nitrogens is 1. The number of amides is 2. The summed E-state index contributed by atoms with van der Waals surface area (Å²) in [7, 11) is 0. The normalized spacial score (nSPS) is 18.7. The summed E-state index contributed by atoms with van der Waals surface area (Å²) in [5.74, 6) is 0.562. The predicted octanol–water partition coefficient (Wildman–Crippen LogP) is 4.34. The molecular formula is C17H21N3OS2. The summed E-state index contributed by atoms with van der Waals surface area (Å²) < 4.78 is 0. The minimum atomic E-state index is 0.0747. The van der Waals surface area contributed by atoms with Crippen molar-refractivity contribution in [2.75, 3.05) is 0 Å². The van der Waals surface area contributed by atoms with Gasteiger partial charge in [0.2, 0.25) is 0 Å². The minimum absolute atomic E-state index is 0.0747. The monoisotopic (exact) mass is 347 g/mol. The van der Waals surface area contributed by atoms with Crippen molar-refractivity contribution in [3.05, 3.63) is 38.5 Å². The molecule has 4 rings (SSSR count). The number of carbonyl (C=O) groups is 1. The molecular weight excluding hydrogens is 326 g/mol. The van der Waals surface area contributed by atoms with Crippen LogP contribution in [-0.2, 0) is 6.54 Å². The molecule has 122 valence electrons. The van der Waals surface area contributed by atoms with Crippen LogP contribution in [0, 0.1) is 12.8 Å². The quantitative estimate of drug-likeness (QED) is 0.845. The van der Waals surface area contributed by atoms with Crippen molar-refractivity contribution >= 4 is 28.7 Å². The van der Waals surface area contributed by atoms with Gasteiger partial charge >= 0.3 is 6.03 Å². The van der Waals surface area contributed by atoms with Crippen LogP contribution in [0.3, 0.4) is 0 Å². The summed E-state index contributed by atoms with van der Waals surface area (Å²) in [4.78, 5) is 20.7. The molecule has 23 heavy (non-hydrogen) atoms. The molecule has 0 spiro atoms. The van der Waals surface area contributed by atoms with Gasteiger partial charge < -0.3 is 10.2 Å². The van der Waals surface area contributed by atoms with Crippen LogP contribution in [0.4, 0.5) is 4.79 Å². The van der Waals surface area contributed by atoms with E-state index >= 15 is 0 Å². The maximum absolute atomic E-state index is 12.9. The van der Waals surface area contributed by atoms with Gasteiger partial charge in [0.15, 0.2) is 0 Å². The molecule has 2 aromatic rings. The Morgan fingerprint density at radius 2 is 2.22 bits per heavy atom. The Kier molecular flexibility index (Phi) is 4.11. The zero-order valence-electron chi connectivity index (χ0n) is 13.2. The summed E-state index contributed by atoms with van der Waals surface area (Å²) >= 11 is 3.39. The molecule has 1 atom stereocenters. The van der Waals surface area contributed by atoms with Crippen molar-refractivity contribution in [1.82, 2.24) is 15.2 Å². The molecule has 2 aliphatic rings. The fraction of sp³-hybridized carbons (Fsp3) is 0.529. The van der Waals surface area contributed by atoms with Crippen molar-refractivity contribution in [1.29, 1.82) is 0 Å². The first kappa shape index (κ1) is 15.1. The topological polar surface area (TPSA) is 45.2 Å². The third-order valence-electron chi connectivity index (χ3n) is 4.43. The third kappa shape index (κ3) is 3.58. The summed E-state index contributed by atoms with van der Waals surface area (Å²) in [5.41, 5.74) is 1.04. The number of aryl methyl sites for hydroxylation is 1. The van der Waals surface area contributed by atoms with Gasteiger partial charge in [-0.25, -0.2) is 9.78 Å². The van der Waals surface area contributed by atoms with Crippen molar-refractivity contribution in [2.45, 2.75) is 51.2 Å². The van der Waals surface area contributed by atoms with Crippen molar-refractivity contribution in [3.63, 3.8) is 0 Å².